The van der Waals surface area contributed by atoms with Crippen LogP contribution in [0.25, 0.3) is 10.6 Å². The van der Waals surface area contributed by atoms with Crippen molar-refractivity contribution in [2.75, 3.05) is 26.1 Å². The molecule has 0 aliphatic heterocycles. The molecule has 100 valence electrons. The summed E-state index contributed by atoms with van der Waals surface area (Å²) in [6, 6.07) is 8.08. The quantitative estimate of drug-likeness (QED) is 0.808. The van der Waals surface area contributed by atoms with Crippen molar-refractivity contribution in [2.45, 2.75) is 6.92 Å². The lowest BCUT2D eigenvalue weighted by atomic mass is 10.2. The minimum Gasteiger partial charge on any atom is -0.465 e. The minimum absolute atomic E-state index is 0.328. The van der Waals surface area contributed by atoms with Crippen LogP contribution in [0.15, 0.2) is 24.3 Å². The van der Waals surface area contributed by atoms with Gasteiger partial charge in [-0.3, -0.25) is 0 Å². The molecular weight excluding hydrogens is 260 g/mol. The molecule has 0 atom stereocenters. The highest BCUT2D eigenvalue weighted by atomic mass is 32.1. The predicted octanol–water partition coefficient (Wildman–Crippen LogP) is 2.97. The zero-order valence-corrected chi connectivity index (χ0v) is 12.2. The van der Waals surface area contributed by atoms with E-state index in [2.05, 4.69) is 4.98 Å². The van der Waals surface area contributed by atoms with Crippen LogP contribution in [-0.2, 0) is 4.74 Å². The fourth-order valence-electron chi connectivity index (χ4n) is 1.70. The summed E-state index contributed by atoms with van der Waals surface area (Å²) in [7, 11) is 5.38. The number of nitrogens with zero attached hydrogens (tertiary/aromatic N) is 2. The van der Waals surface area contributed by atoms with E-state index >= 15 is 0 Å². The Labute approximate surface area is 116 Å². The lowest BCUT2D eigenvalue weighted by Crippen LogP contribution is -2.07. The molecule has 2 aromatic rings. The normalized spacial score (nSPS) is 10.3. The molecule has 0 saturated carbocycles. The molecule has 0 unspecified atom stereocenters. The van der Waals surface area contributed by atoms with Gasteiger partial charge >= 0.3 is 5.97 Å². The van der Waals surface area contributed by atoms with Crippen molar-refractivity contribution in [1.29, 1.82) is 0 Å². The highest BCUT2D eigenvalue weighted by Gasteiger charge is 2.16. The lowest BCUT2D eigenvalue weighted by Gasteiger charge is -2.11. The number of methoxy groups -OCH3 is 1. The van der Waals surface area contributed by atoms with E-state index in [1.54, 1.807) is 0 Å². The summed E-state index contributed by atoms with van der Waals surface area (Å²) in [5.74, 6) is -0.328. The summed E-state index contributed by atoms with van der Waals surface area (Å²) in [4.78, 5) is 18.6. The first-order chi connectivity index (χ1) is 9.02. The van der Waals surface area contributed by atoms with Crippen molar-refractivity contribution in [3.8, 4) is 10.6 Å². The van der Waals surface area contributed by atoms with Crippen LogP contribution in [0.3, 0.4) is 0 Å². The predicted molar refractivity (Wildman–Crippen MR) is 78.0 cm³/mol. The lowest BCUT2D eigenvalue weighted by molar-refractivity contribution is 0.0605. The van der Waals surface area contributed by atoms with E-state index in [4.69, 9.17) is 4.74 Å². The molecule has 2 rings (SSSR count). The topological polar surface area (TPSA) is 42.4 Å². The number of carbonyl (C=O) groups is 1. The molecule has 0 aliphatic carbocycles. The largest absolute Gasteiger partial charge is 0.465 e. The standard InChI is InChI=1S/C14H16N2O2S/c1-9-12(14(17)18-4)19-13(15-9)10-5-7-11(8-6-10)16(2)3/h5-8H,1-4H3. The van der Waals surface area contributed by atoms with E-state index in [0.717, 1.165) is 16.3 Å². The van der Waals surface area contributed by atoms with Gasteiger partial charge in [0, 0.05) is 25.3 Å². The number of hydrogen-bond donors (Lipinski definition) is 0. The molecule has 5 heteroatoms. The van der Waals surface area contributed by atoms with Crippen LogP contribution in [0.2, 0.25) is 0 Å². The van der Waals surface area contributed by atoms with E-state index in [1.165, 1.54) is 18.4 Å². The number of anilines is 1. The zero-order valence-electron chi connectivity index (χ0n) is 11.4. The molecule has 1 aromatic heterocycles. The first-order valence-electron chi connectivity index (χ1n) is 5.86. The Morgan fingerprint density at radius 3 is 2.42 bits per heavy atom. The van der Waals surface area contributed by atoms with Crippen LogP contribution in [0.1, 0.15) is 15.4 Å². The summed E-state index contributed by atoms with van der Waals surface area (Å²) in [6.07, 6.45) is 0. The fourth-order valence-corrected chi connectivity index (χ4v) is 2.69. The molecule has 0 radical (unpaired) electrons. The molecule has 1 aromatic carbocycles. The molecule has 4 nitrogen and oxygen atoms in total. The Kier molecular flexibility index (Phi) is 3.85. The number of rotatable bonds is 3. The molecule has 1 heterocycles. The number of thiazole rings is 1. The Morgan fingerprint density at radius 2 is 1.89 bits per heavy atom. The Bertz CT molecular complexity index is 588. The first-order valence-corrected chi connectivity index (χ1v) is 6.68. The van der Waals surface area contributed by atoms with E-state index < -0.39 is 0 Å². The van der Waals surface area contributed by atoms with Gasteiger partial charge < -0.3 is 9.64 Å². The average molecular weight is 276 g/mol. The van der Waals surface area contributed by atoms with Gasteiger partial charge in [-0.15, -0.1) is 11.3 Å². The maximum absolute atomic E-state index is 11.6. The molecule has 0 saturated heterocycles. The van der Waals surface area contributed by atoms with Gasteiger partial charge in [0.05, 0.1) is 12.8 Å². The van der Waals surface area contributed by atoms with Gasteiger partial charge in [0.1, 0.15) is 9.88 Å². The fraction of sp³-hybridized carbons (Fsp3) is 0.286. The van der Waals surface area contributed by atoms with Gasteiger partial charge in [0.15, 0.2) is 0 Å². The van der Waals surface area contributed by atoms with E-state index in [1.807, 2.05) is 50.2 Å². The maximum atomic E-state index is 11.6. The number of aryl methyl sites for hydroxylation is 1. The van der Waals surface area contributed by atoms with Crippen molar-refractivity contribution >= 4 is 23.0 Å². The highest BCUT2D eigenvalue weighted by Crippen LogP contribution is 2.29. The molecule has 0 spiro atoms. The van der Waals surface area contributed by atoms with Gasteiger partial charge in [0.2, 0.25) is 0 Å². The van der Waals surface area contributed by atoms with Crippen molar-refractivity contribution in [3.63, 3.8) is 0 Å². The van der Waals surface area contributed by atoms with Gasteiger partial charge in [0.25, 0.3) is 0 Å². The van der Waals surface area contributed by atoms with Crippen molar-refractivity contribution in [1.82, 2.24) is 4.98 Å². The Morgan fingerprint density at radius 1 is 1.26 bits per heavy atom. The van der Waals surface area contributed by atoms with Crippen LogP contribution < -0.4 is 4.90 Å². The van der Waals surface area contributed by atoms with Gasteiger partial charge in [-0.05, 0) is 31.2 Å². The number of aromatic nitrogens is 1. The van der Waals surface area contributed by atoms with Crippen LogP contribution in [0.4, 0.5) is 5.69 Å². The van der Waals surface area contributed by atoms with Gasteiger partial charge in [-0.2, -0.15) is 0 Å². The molecule has 0 amide bonds. The number of ether oxygens (including phenoxy) is 1. The second-order valence-electron chi connectivity index (χ2n) is 4.37. The van der Waals surface area contributed by atoms with E-state index in [-0.39, 0.29) is 5.97 Å². The van der Waals surface area contributed by atoms with Crippen molar-refractivity contribution in [2.24, 2.45) is 0 Å². The third kappa shape index (κ3) is 2.76. The smallest absolute Gasteiger partial charge is 0.349 e. The van der Waals surface area contributed by atoms with Crippen LogP contribution in [-0.4, -0.2) is 32.2 Å². The molecular formula is C14H16N2O2S. The summed E-state index contributed by atoms with van der Waals surface area (Å²) >= 11 is 1.36. The summed E-state index contributed by atoms with van der Waals surface area (Å²) < 4.78 is 4.74. The van der Waals surface area contributed by atoms with E-state index in [0.29, 0.717) is 10.6 Å². The van der Waals surface area contributed by atoms with Crippen molar-refractivity contribution in [3.05, 3.63) is 34.8 Å². The molecule has 0 bridgehead atoms. The van der Waals surface area contributed by atoms with Crippen molar-refractivity contribution < 1.29 is 9.53 Å². The number of benzene rings is 1. The SMILES string of the molecule is COC(=O)c1sc(-c2ccc(N(C)C)cc2)nc1C. The second kappa shape index (κ2) is 5.40. The van der Waals surface area contributed by atoms with Gasteiger partial charge in [-0.1, -0.05) is 0 Å². The zero-order chi connectivity index (χ0) is 14.0. The molecule has 0 aliphatic rings. The Balaban J connectivity index is 2.34. The summed E-state index contributed by atoms with van der Waals surface area (Å²) in [6.45, 7) is 1.82. The third-order valence-corrected chi connectivity index (χ3v) is 3.98. The molecule has 0 N–H and O–H groups in total. The molecule has 19 heavy (non-hydrogen) atoms. The summed E-state index contributed by atoms with van der Waals surface area (Å²) in [5, 5.41) is 0.836. The average Bonchev–Trinajstić information content (AvgIpc) is 2.80. The third-order valence-electron chi connectivity index (χ3n) is 2.80. The monoisotopic (exact) mass is 276 g/mol. The second-order valence-corrected chi connectivity index (χ2v) is 5.37. The maximum Gasteiger partial charge on any atom is 0.349 e. The Hall–Kier alpha value is -1.88. The minimum atomic E-state index is -0.328. The van der Waals surface area contributed by atoms with E-state index in [9.17, 15) is 4.79 Å². The van der Waals surface area contributed by atoms with Crippen LogP contribution in [0, 0.1) is 6.92 Å². The number of hydrogen-bond acceptors (Lipinski definition) is 5. The first kappa shape index (κ1) is 13.5. The number of carbonyl (C=O) groups excluding carboxylic acids is 1. The van der Waals surface area contributed by atoms with Crippen LogP contribution >= 0.6 is 11.3 Å². The van der Waals surface area contributed by atoms with Gasteiger partial charge in [-0.25, -0.2) is 9.78 Å². The number of esters is 1. The highest BCUT2D eigenvalue weighted by molar-refractivity contribution is 7.17. The molecule has 0 fully saturated rings. The summed E-state index contributed by atoms with van der Waals surface area (Å²) in [5.41, 5.74) is 2.85. The van der Waals surface area contributed by atoms with Crippen LogP contribution in [0.5, 0.6) is 0 Å².